The second-order valence-electron chi connectivity index (χ2n) is 8.61. The first-order valence-corrected chi connectivity index (χ1v) is 8.54. The van der Waals surface area contributed by atoms with Crippen molar-refractivity contribution in [3.8, 4) is 0 Å². The largest absolute Gasteiger partial charge is 0.393 e. The fourth-order valence-electron chi connectivity index (χ4n) is 6.26. The van der Waals surface area contributed by atoms with E-state index in [4.69, 9.17) is 0 Å². The van der Waals surface area contributed by atoms with Crippen LogP contribution in [-0.4, -0.2) is 11.2 Å². The molecule has 3 aliphatic carbocycles. The van der Waals surface area contributed by atoms with E-state index in [0.717, 1.165) is 24.7 Å². The first-order chi connectivity index (χ1) is 8.86. The molecule has 2 bridgehead atoms. The van der Waals surface area contributed by atoms with Gasteiger partial charge in [0.2, 0.25) is 0 Å². The highest BCUT2D eigenvalue weighted by molar-refractivity contribution is 5.14. The molecule has 3 aliphatic rings. The molecule has 0 aromatic rings. The van der Waals surface area contributed by atoms with Crippen molar-refractivity contribution in [2.75, 3.05) is 0 Å². The van der Waals surface area contributed by atoms with Crippen molar-refractivity contribution in [1.82, 2.24) is 0 Å². The van der Waals surface area contributed by atoms with Crippen LogP contribution in [0.4, 0.5) is 0 Å². The van der Waals surface area contributed by atoms with Crippen LogP contribution in [0.1, 0.15) is 79.1 Å². The Morgan fingerprint density at radius 3 is 2.05 bits per heavy atom. The van der Waals surface area contributed by atoms with Gasteiger partial charge in [-0.05, 0) is 73.0 Å². The lowest BCUT2D eigenvalue weighted by atomic mass is 9.53. The third kappa shape index (κ3) is 1.69. The van der Waals surface area contributed by atoms with Gasteiger partial charge in [0.25, 0.3) is 0 Å². The van der Waals surface area contributed by atoms with Gasteiger partial charge in [0.1, 0.15) is 0 Å². The van der Waals surface area contributed by atoms with Crippen molar-refractivity contribution >= 4 is 0 Å². The van der Waals surface area contributed by atoms with Crippen LogP contribution in [0.25, 0.3) is 0 Å². The van der Waals surface area contributed by atoms with Crippen molar-refractivity contribution < 1.29 is 5.11 Å². The quantitative estimate of drug-likeness (QED) is 0.761. The summed E-state index contributed by atoms with van der Waals surface area (Å²) in [6.07, 6.45) is 10.3. The topological polar surface area (TPSA) is 20.2 Å². The zero-order chi connectivity index (χ0) is 13.9. The number of rotatable bonds is 2. The Labute approximate surface area is 119 Å². The summed E-state index contributed by atoms with van der Waals surface area (Å²) in [5.41, 5.74) is 1.63. The molecule has 1 N–H and O–H groups in total. The average molecular weight is 264 g/mol. The molecule has 1 nitrogen and oxygen atoms in total. The van der Waals surface area contributed by atoms with Gasteiger partial charge in [-0.3, -0.25) is 0 Å². The van der Waals surface area contributed by atoms with Crippen LogP contribution in [0.3, 0.4) is 0 Å². The minimum Gasteiger partial charge on any atom is -0.393 e. The lowest BCUT2D eigenvalue weighted by Crippen LogP contribution is -2.44. The third-order valence-electron chi connectivity index (χ3n) is 8.19. The van der Waals surface area contributed by atoms with Crippen LogP contribution < -0.4 is 0 Å². The van der Waals surface area contributed by atoms with E-state index >= 15 is 0 Å². The fourth-order valence-corrected chi connectivity index (χ4v) is 6.26. The molecule has 3 saturated carbocycles. The van der Waals surface area contributed by atoms with E-state index in [9.17, 15) is 5.11 Å². The Bertz CT molecular complexity index is 351. The van der Waals surface area contributed by atoms with Gasteiger partial charge in [0, 0.05) is 0 Å². The highest BCUT2D eigenvalue weighted by Gasteiger charge is 2.65. The number of hydrogen-bond acceptors (Lipinski definition) is 1. The predicted octanol–water partition coefficient (Wildman–Crippen LogP) is 4.78. The molecule has 3 atom stereocenters. The van der Waals surface area contributed by atoms with Gasteiger partial charge in [0.15, 0.2) is 0 Å². The molecule has 0 amide bonds. The smallest absolute Gasteiger partial charge is 0.0540 e. The van der Waals surface area contributed by atoms with Crippen LogP contribution >= 0.6 is 0 Å². The van der Waals surface area contributed by atoms with Crippen molar-refractivity contribution in [3.63, 3.8) is 0 Å². The SMILES string of the molecule is CCC1([C@H]2C[C@@H]3CC[C@@]2(C)C3(C)C)CCC(O)CC1. The summed E-state index contributed by atoms with van der Waals surface area (Å²) in [7, 11) is 0. The van der Waals surface area contributed by atoms with Crippen molar-refractivity contribution in [2.24, 2.45) is 28.1 Å². The Hall–Kier alpha value is -0.0400. The first-order valence-electron chi connectivity index (χ1n) is 8.54. The minimum absolute atomic E-state index is 0.0147. The fraction of sp³-hybridized carbons (Fsp3) is 1.00. The average Bonchev–Trinajstić information content (AvgIpc) is 2.73. The summed E-state index contributed by atoms with van der Waals surface area (Å²) in [5, 5.41) is 9.88. The molecule has 0 spiro atoms. The van der Waals surface area contributed by atoms with Gasteiger partial charge < -0.3 is 5.11 Å². The standard InChI is InChI=1S/C18H32O/c1-5-18(10-7-14(19)8-11-18)15-12-13-6-9-17(15,4)16(13,2)3/h13-15,19H,5-12H2,1-4H3/t13-,14?,15-,17+,18?/m0/s1. The van der Waals surface area contributed by atoms with Crippen LogP contribution in [0.2, 0.25) is 0 Å². The van der Waals surface area contributed by atoms with Crippen LogP contribution in [-0.2, 0) is 0 Å². The Balaban J connectivity index is 1.90. The summed E-state index contributed by atoms with van der Waals surface area (Å²) in [6.45, 7) is 10.1. The van der Waals surface area contributed by atoms with Gasteiger partial charge >= 0.3 is 0 Å². The minimum atomic E-state index is -0.0147. The van der Waals surface area contributed by atoms with Crippen LogP contribution in [0, 0.1) is 28.1 Å². The number of fused-ring (bicyclic) bond motifs is 2. The molecule has 19 heavy (non-hydrogen) atoms. The molecular weight excluding hydrogens is 232 g/mol. The highest BCUT2D eigenvalue weighted by Crippen LogP contribution is 2.73. The molecule has 110 valence electrons. The van der Waals surface area contributed by atoms with E-state index in [2.05, 4.69) is 27.7 Å². The Morgan fingerprint density at radius 1 is 1.00 bits per heavy atom. The zero-order valence-electron chi connectivity index (χ0n) is 13.3. The van der Waals surface area contributed by atoms with E-state index < -0.39 is 0 Å². The maximum atomic E-state index is 9.88. The second kappa shape index (κ2) is 4.23. The lowest BCUT2D eigenvalue weighted by molar-refractivity contribution is -0.0437. The summed E-state index contributed by atoms with van der Waals surface area (Å²) in [6, 6.07) is 0. The summed E-state index contributed by atoms with van der Waals surface area (Å²) < 4.78 is 0. The highest BCUT2D eigenvalue weighted by atomic mass is 16.3. The monoisotopic (exact) mass is 264 g/mol. The molecule has 1 heteroatoms. The third-order valence-corrected chi connectivity index (χ3v) is 8.19. The van der Waals surface area contributed by atoms with Crippen molar-refractivity contribution in [3.05, 3.63) is 0 Å². The van der Waals surface area contributed by atoms with Gasteiger partial charge in [-0.1, -0.05) is 34.1 Å². The maximum absolute atomic E-state index is 9.88. The normalized spacial score (nSPS) is 52.6. The number of aliphatic hydroxyl groups excluding tert-OH is 1. The molecule has 0 heterocycles. The summed E-state index contributed by atoms with van der Waals surface area (Å²) in [4.78, 5) is 0. The van der Waals surface area contributed by atoms with Crippen LogP contribution in [0.5, 0.6) is 0 Å². The first kappa shape index (κ1) is 13.9. The maximum Gasteiger partial charge on any atom is 0.0540 e. The molecule has 3 rings (SSSR count). The molecule has 0 saturated heterocycles. The van der Waals surface area contributed by atoms with Gasteiger partial charge in [-0.25, -0.2) is 0 Å². The Morgan fingerprint density at radius 2 is 1.63 bits per heavy atom. The second-order valence-corrected chi connectivity index (χ2v) is 8.61. The van der Waals surface area contributed by atoms with Crippen LogP contribution in [0.15, 0.2) is 0 Å². The van der Waals surface area contributed by atoms with E-state index in [1.165, 1.54) is 38.5 Å². The van der Waals surface area contributed by atoms with E-state index in [1.807, 2.05) is 0 Å². The predicted molar refractivity (Wildman–Crippen MR) is 79.9 cm³/mol. The van der Waals surface area contributed by atoms with Crippen molar-refractivity contribution in [1.29, 1.82) is 0 Å². The van der Waals surface area contributed by atoms with E-state index in [-0.39, 0.29) is 6.10 Å². The molecule has 0 aliphatic heterocycles. The molecule has 0 radical (unpaired) electrons. The number of aliphatic hydroxyl groups is 1. The molecular formula is C18H32O. The van der Waals surface area contributed by atoms with E-state index in [0.29, 0.717) is 16.2 Å². The Kier molecular flexibility index (Phi) is 3.10. The van der Waals surface area contributed by atoms with Gasteiger partial charge in [-0.15, -0.1) is 0 Å². The molecule has 0 unspecified atom stereocenters. The van der Waals surface area contributed by atoms with Crippen molar-refractivity contribution in [2.45, 2.75) is 85.2 Å². The molecule has 0 aromatic carbocycles. The zero-order valence-corrected chi connectivity index (χ0v) is 13.3. The molecule has 0 aromatic heterocycles. The summed E-state index contributed by atoms with van der Waals surface area (Å²) in [5.74, 6) is 1.86. The molecule has 3 fully saturated rings. The lowest BCUT2D eigenvalue weighted by Gasteiger charge is -2.52. The number of hydrogen-bond donors (Lipinski definition) is 1. The van der Waals surface area contributed by atoms with Gasteiger partial charge in [0.05, 0.1) is 6.10 Å². The van der Waals surface area contributed by atoms with E-state index in [1.54, 1.807) is 0 Å². The van der Waals surface area contributed by atoms with Gasteiger partial charge in [-0.2, -0.15) is 0 Å². The summed E-state index contributed by atoms with van der Waals surface area (Å²) >= 11 is 0.